The molecule has 0 spiro atoms. The first-order valence-electron chi connectivity index (χ1n) is 4.96. The van der Waals surface area contributed by atoms with Gasteiger partial charge in [0, 0.05) is 10.8 Å². The van der Waals surface area contributed by atoms with Crippen LogP contribution in [0.15, 0.2) is 24.3 Å². The van der Waals surface area contributed by atoms with Crippen molar-refractivity contribution in [2.75, 3.05) is 12.4 Å². The van der Waals surface area contributed by atoms with Gasteiger partial charge in [-0.1, -0.05) is 36.8 Å². The summed E-state index contributed by atoms with van der Waals surface area (Å²) in [5, 5.41) is 8.95. The Morgan fingerprint density at radius 3 is 2.53 bits per heavy atom. The number of aliphatic hydroxyl groups is 1. The minimum atomic E-state index is 0.117. The Morgan fingerprint density at radius 2 is 2.00 bits per heavy atom. The lowest BCUT2D eigenvalue weighted by molar-refractivity contribution is 0.102. The van der Waals surface area contributed by atoms with Gasteiger partial charge in [0.1, 0.15) is 0 Å². The van der Waals surface area contributed by atoms with Gasteiger partial charge in [-0.25, -0.2) is 0 Å². The molecule has 0 saturated heterocycles. The van der Waals surface area contributed by atoms with Gasteiger partial charge in [0.05, 0.1) is 12.4 Å². The van der Waals surface area contributed by atoms with Crippen LogP contribution in [0.1, 0.15) is 22.8 Å². The molecule has 0 aliphatic carbocycles. The number of carbonyl (C=O) groups excluding carboxylic acids is 1. The Kier molecular flexibility index (Phi) is 4.85. The van der Waals surface area contributed by atoms with E-state index in [9.17, 15) is 4.79 Å². The van der Waals surface area contributed by atoms with E-state index >= 15 is 0 Å². The maximum Gasteiger partial charge on any atom is 0.172 e. The van der Waals surface area contributed by atoms with Crippen molar-refractivity contribution in [1.29, 1.82) is 0 Å². The van der Waals surface area contributed by atoms with Gasteiger partial charge in [-0.3, -0.25) is 4.79 Å². The van der Waals surface area contributed by atoms with Gasteiger partial charge in [-0.15, -0.1) is 11.8 Å². The molecule has 0 aliphatic rings. The van der Waals surface area contributed by atoms with E-state index in [2.05, 4.69) is 0 Å². The van der Waals surface area contributed by atoms with Crippen molar-refractivity contribution in [3.05, 3.63) is 35.4 Å². The van der Waals surface area contributed by atoms with Gasteiger partial charge >= 0.3 is 0 Å². The van der Waals surface area contributed by atoms with Crippen LogP contribution in [0.3, 0.4) is 0 Å². The van der Waals surface area contributed by atoms with E-state index in [0.29, 0.717) is 5.75 Å². The normalized spacial score (nSPS) is 12.5. The van der Waals surface area contributed by atoms with Crippen molar-refractivity contribution in [1.82, 2.24) is 0 Å². The van der Waals surface area contributed by atoms with Crippen LogP contribution >= 0.6 is 11.8 Å². The standard InChI is InChI=1S/C12H16O2S/c1-9-3-5-11(6-4-9)12(14)8-15-10(2)7-13/h3-6,10,13H,7-8H2,1-2H3. The molecule has 3 heteroatoms. The highest BCUT2D eigenvalue weighted by molar-refractivity contribution is 8.00. The van der Waals surface area contributed by atoms with Crippen LogP contribution in [-0.4, -0.2) is 28.5 Å². The molecule has 0 saturated carbocycles. The molecule has 0 amide bonds. The number of benzene rings is 1. The number of carbonyl (C=O) groups is 1. The van der Waals surface area contributed by atoms with E-state index in [1.165, 1.54) is 11.8 Å². The summed E-state index contributed by atoms with van der Waals surface area (Å²) >= 11 is 1.48. The molecule has 82 valence electrons. The molecular weight excluding hydrogens is 208 g/mol. The van der Waals surface area contributed by atoms with E-state index < -0.39 is 0 Å². The van der Waals surface area contributed by atoms with Crippen molar-refractivity contribution in [3.63, 3.8) is 0 Å². The molecule has 1 N–H and O–H groups in total. The molecule has 1 aromatic carbocycles. The molecule has 0 fully saturated rings. The molecule has 1 aromatic rings. The fourth-order valence-electron chi connectivity index (χ4n) is 1.09. The number of thioether (sulfide) groups is 1. The second-order valence-electron chi connectivity index (χ2n) is 3.59. The maximum atomic E-state index is 11.7. The van der Waals surface area contributed by atoms with E-state index in [1.54, 1.807) is 0 Å². The van der Waals surface area contributed by atoms with Crippen LogP contribution in [0.4, 0.5) is 0 Å². The minimum absolute atomic E-state index is 0.117. The highest BCUT2D eigenvalue weighted by Gasteiger charge is 2.08. The largest absolute Gasteiger partial charge is 0.395 e. The maximum absolute atomic E-state index is 11.7. The van der Waals surface area contributed by atoms with Crippen LogP contribution in [0.5, 0.6) is 0 Å². The molecule has 0 aromatic heterocycles. The molecular formula is C12H16O2S. The molecule has 1 rings (SSSR count). The van der Waals surface area contributed by atoms with Gasteiger partial charge < -0.3 is 5.11 Å². The molecule has 0 radical (unpaired) electrons. The Hall–Kier alpha value is -0.800. The zero-order chi connectivity index (χ0) is 11.3. The predicted octanol–water partition coefficient (Wildman–Crippen LogP) is 2.29. The predicted molar refractivity (Wildman–Crippen MR) is 64.5 cm³/mol. The summed E-state index contributed by atoms with van der Waals surface area (Å²) in [4.78, 5) is 11.7. The van der Waals surface area contributed by atoms with E-state index in [0.717, 1.165) is 11.1 Å². The third kappa shape index (κ3) is 4.06. The molecule has 0 heterocycles. The zero-order valence-electron chi connectivity index (χ0n) is 9.06. The minimum Gasteiger partial charge on any atom is -0.395 e. The van der Waals surface area contributed by atoms with Gasteiger partial charge in [0.25, 0.3) is 0 Å². The number of Topliss-reactive ketones (excluding diaryl/α,β-unsaturated/α-hetero) is 1. The molecule has 0 aliphatic heterocycles. The lowest BCUT2D eigenvalue weighted by atomic mass is 10.1. The lowest BCUT2D eigenvalue weighted by Crippen LogP contribution is -2.09. The molecule has 15 heavy (non-hydrogen) atoms. The Labute approximate surface area is 94.7 Å². The molecule has 2 nitrogen and oxygen atoms in total. The third-order valence-electron chi connectivity index (χ3n) is 2.13. The zero-order valence-corrected chi connectivity index (χ0v) is 9.88. The second-order valence-corrected chi connectivity index (χ2v) is 5.02. The van der Waals surface area contributed by atoms with E-state index in [4.69, 9.17) is 5.11 Å². The fourth-order valence-corrected chi connectivity index (χ4v) is 1.80. The summed E-state index contributed by atoms with van der Waals surface area (Å²) in [6, 6.07) is 7.57. The van der Waals surface area contributed by atoms with Crippen molar-refractivity contribution in [3.8, 4) is 0 Å². The SMILES string of the molecule is Cc1ccc(C(=O)CSC(C)CO)cc1. The number of ketones is 1. The summed E-state index contributed by atoms with van der Waals surface area (Å²) < 4.78 is 0. The van der Waals surface area contributed by atoms with E-state index in [1.807, 2.05) is 38.1 Å². The van der Waals surface area contributed by atoms with Crippen molar-refractivity contribution in [2.45, 2.75) is 19.1 Å². The van der Waals surface area contributed by atoms with Crippen LogP contribution in [0, 0.1) is 6.92 Å². The third-order valence-corrected chi connectivity index (χ3v) is 3.28. The quantitative estimate of drug-likeness (QED) is 0.780. The second kappa shape index (κ2) is 5.93. The average Bonchev–Trinajstić information content (AvgIpc) is 2.26. The molecule has 1 unspecified atom stereocenters. The first kappa shape index (κ1) is 12.3. The van der Waals surface area contributed by atoms with Gasteiger partial charge in [-0.2, -0.15) is 0 Å². The highest BCUT2D eigenvalue weighted by atomic mass is 32.2. The van der Waals surface area contributed by atoms with Crippen LogP contribution in [0.25, 0.3) is 0 Å². The van der Waals surface area contributed by atoms with Gasteiger partial charge in [-0.05, 0) is 6.92 Å². The van der Waals surface area contributed by atoms with E-state index in [-0.39, 0.29) is 17.6 Å². The van der Waals surface area contributed by atoms with Crippen molar-refractivity contribution >= 4 is 17.5 Å². The monoisotopic (exact) mass is 224 g/mol. The van der Waals surface area contributed by atoms with Crippen LogP contribution in [0.2, 0.25) is 0 Å². The smallest absolute Gasteiger partial charge is 0.172 e. The Bertz CT molecular complexity index is 319. The number of hydrogen-bond acceptors (Lipinski definition) is 3. The first-order valence-corrected chi connectivity index (χ1v) is 6.00. The van der Waals surface area contributed by atoms with Crippen LogP contribution < -0.4 is 0 Å². The van der Waals surface area contributed by atoms with Crippen LogP contribution in [-0.2, 0) is 0 Å². The molecule has 1 atom stereocenters. The number of rotatable bonds is 5. The highest BCUT2D eigenvalue weighted by Crippen LogP contribution is 2.13. The lowest BCUT2D eigenvalue weighted by Gasteiger charge is -2.06. The number of aryl methyl sites for hydroxylation is 1. The number of hydrogen-bond donors (Lipinski definition) is 1. The first-order chi connectivity index (χ1) is 7.13. The summed E-state index contributed by atoms with van der Waals surface area (Å²) in [5.74, 6) is 0.561. The Balaban J connectivity index is 2.50. The summed E-state index contributed by atoms with van der Waals surface area (Å²) in [7, 11) is 0. The van der Waals surface area contributed by atoms with Gasteiger partial charge in [0.2, 0.25) is 0 Å². The van der Waals surface area contributed by atoms with Crippen molar-refractivity contribution < 1.29 is 9.90 Å². The fraction of sp³-hybridized carbons (Fsp3) is 0.417. The molecule has 0 bridgehead atoms. The summed E-state index contributed by atoms with van der Waals surface area (Å²) in [6.07, 6.45) is 0. The Morgan fingerprint density at radius 1 is 1.40 bits per heavy atom. The number of aliphatic hydroxyl groups excluding tert-OH is 1. The summed E-state index contributed by atoms with van der Waals surface area (Å²) in [6.45, 7) is 4.02. The van der Waals surface area contributed by atoms with Gasteiger partial charge in [0.15, 0.2) is 5.78 Å². The average molecular weight is 224 g/mol. The van der Waals surface area contributed by atoms with Crippen molar-refractivity contribution in [2.24, 2.45) is 0 Å². The topological polar surface area (TPSA) is 37.3 Å². The summed E-state index contributed by atoms with van der Waals surface area (Å²) in [5.41, 5.74) is 1.90.